The minimum atomic E-state index is 0.348. The number of thioether (sulfide) groups is 1. The lowest BCUT2D eigenvalue weighted by Gasteiger charge is -2.04. The Morgan fingerprint density at radius 2 is 2.53 bits per heavy atom. The smallest absolute Gasteiger partial charge is 0.205 e. The van der Waals surface area contributed by atoms with Crippen molar-refractivity contribution in [2.24, 2.45) is 4.99 Å². The van der Waals surface area contributed by atoms with Crippen molar-refractivity contribution in [3.63, 3.8) is 0 Å². The SMILES string of the molecule is C#CCN/C(=N/CCSCc1cnc(C)s1)NC#N. The van der Waals surface area contributed by atoms with Gasteiger partial charge in [-0.05, 0) is 6.92 Å². The predicted molar refractivity (Wildman–Crippen MR) is 80.9 cm³/mol. The van der Waals surface area contributed by atoms with Crippen LogP contribution >= 0.6 is 23.1 Å². The van der Waals surface area contributed by atoms with Crippen molar-refractivity contribution in [2.45, 2.75) is 12.7 Å². The van der Waals surface area contributed by atoms with Gasteiger partial charge in [-0.3, -0.25) is 10.3 Å². The second kappa shape index (κ2) is 9.26. The van der Waals surface area contributed by atoms with Crippen molar-refractivity contribution >= 4 is 29.1 Å². The lowest BCUT2D eigenvalue weighted by molar-refractivity contribution is 0.967. The summed E-state index contributed by atoms with van der Waals surface area (Å²) in [7, 11) is 0. The molecule has 19 heavy (non-hydrogen) atoms. The van der Waals surface area contributed by atoms with Crippen LogP contribution in [0, 0.1) is 30.7 Å². The lowest BCUT2D eigenvalue weighted by Crippen LogP contribution is -2.34. The number of aromatic nitrogens is 1. The summed E-state index contributed by atoms with van der Waals surface area (Å²) in [4.78, 5) is 9.71. The van der Waals surface area contributed by atoms with E-state index in [0.717, 1.165) is 16.5 Å². The average molecular weight is 293 g/mol. The molecule has 0 aliphatic heterocycles. The maximum absolute atomic E-state index is 8.55. The highest BCUT2D eigenvalue weighted by atomic mass is 32.2. The molecule has 1 rings (SSSR count). The molecule has 1 aromatic rings. The molecule has 2 N–H and O–H groups in total. The molecule has 0 aliphatic rings. The number of rotatable bonds is 6. The van der Waals surface area contributed by atoms with Gasteiger partial charge in [0.05, 0.1) is 18.1 Å². The summed E-state index contributed by atoms with van der Waals surface area (Å²) in [5.74, 6) is 4.68. The van der Waals surface area contributed by atoms with Gasteiger partial charge in [0.1, 0.15) is 0 Å². The Morgan fingerprint density at radius 3 is 3.16 bits per heavy atom. The second-order valence-corrected chi connectivity index (χ2v) is 5.85. The Morgan fingerprint density at radius 1 is 1.68 bits per heavy atom. The van der Waals surface area contributed by atoms with Crippen molar-refractivity contribution in [1.82, 2.24) is 15.6 Å². The third-order valence-corrected chi connectivity index (χ3v) is 4.03. The number of nitrogens with one attached hydrogen (secondary N) is 2. The molecule has 5 nitrogen and oxygen atoms in total. The lowest BCUT2D eigenvalue weighted by atomic mass is 10.6. The Kier molecular flexibility index (Phi) is 7.48. The number of thiazole rings is 1. The number of aryl methyl sites for hydroxylation is 1. The van der Waals surface area contributed by atoms with Crippen LogP contribution < -0.4 is 10.6 Å². The largest absolute Gasteiger partial charge is 0.345 e. The van der Waals surface area contributed by atoms with Crippen LogP contribution in [0.1, 0.15) is 9.88 Å². The molecule has 0 fully saturated rings. The van der Waals surface area contributed by atoms with Crippen LogP contribution in [-0.4, -0.2) is 29.8 Å². The quantitative estimate of drug-likeness (QED) is 0.207. The van der Waals surface area contributed by atoms with Crippen LogP contribution in [0.2, 0.25) is 0 Å². The molecule has 0 aliphatic carbocycles. The summed E-state index contributed by atoms with van der Waals surface area (Å²) in [6.45, 7) is 2.98. The molecule has 7 heteroatoms. The molecule has 100 valence electrons. The minimum absolute atomic E-state index is 0.348. The maximum atomic E-state index is 8.55. The normalized spacial score (nSPS) is 10.6. The molecular formula is C12H15N5S2. The van der Waals surface area contributed by atoms with E-state index in [1.807, 2.05) is 19.3 Å². The zero-order valence-electron chi connectivity index (χ0n) is 10.6. The van der Waals surface area contributed by atoms with Gasteiger partial charge in [0.25, 0.3) is 0 Å². The fourth-order valence-corrected chi connectivity index (χ4v) is 2.91. The number of terminal acetylenes is 1. The van der Waals surface area contributed by atoms with Crippen molar-refractivity contribution in [2.75, 3.05) is 18.8 Å². The Labute approximate surface area is 121 Å². The monoisotopic (exact) mass is 293 g/mol. The second-order valence-electron chi connectivity index (χ2n) is 3.42. The molecule has 0 bridgehead atoms. The number of guanidine groups is 1. The Hall–Kier alpha value is -1.70. The van der Waals surface area contributed by atoms with Crippen LogP contribution in [0.3, 0.4) is 0 Å². The van der Waals surface area contributed by atoms with E-state index in [4.69, 9.17) is 11.7 Å². The summed E-state index contributed by atoms with van der Waals surface area (Å²) in [6, 6.07) is 0. The van der Waals surface area contributed by atoms with Crippen LogP contribution in [0.25, 0.3) is 0 Å². The average Bonchev–Trinajstić information content (AvgIpc) is 2.81. The molecule has 0 radical (unpaired) electrons. The van der Waals surface area contributed by atoms with Crippen molar-refractivity contribution < 1.29 is 0 Å². The fourth-order valence-electron chi connectivity index (χ4n) is 1.19. The molecule has 0 aromatic carbocycles. The van der Waals surface area contributed by atoms with Gasteiger partial charge in [-0.2, -0.15) is 17.0 Å². The number of aliphatic imine (C=N–C) groups is 1. The molecule has 0 spiro atoms. The molecule has 1 heterocycles. The number of nitrogens with zero attached hydrogens (tertiary/aromatic N) is 3. The highest BCUT2D eigenvalue weighted by Crippen LogP contribution is 2.18. The standard InChI is InChI=1S/C12H15N5S2/c1-3-4-14-12(17-9-13)15-5-6-18-8-11-7-16-10(2)19-11/h1,7H,4-6,8H2,2H3,(H2,14,15,17). The summed E-state index contributed by atoms with van der Waals surface area (Å²) >= 11 is 3.50. The summed E-state index contributed by atoms with van der Waals surface area (Å²) < 4.78 is 0. The summed E-state index contributed by atoms with van der Waals surface area (Å²) in [5, 5.41) is 14.9. The van der Waals surface area contributed by atoms with E-state index >= 15 is 0 Å². The minimum Gasteiger partial charge on any atom is -0.345 e. The number of hydrogen-bond donors (Lipinski definition) is 2. The van der Waals surface area contributed by atoms with Crippen molar-refractivity contribution in [3.05, 3.63) is 16.1 Å². The molecule has 0 saturated heterocycles. The zero-order chi connectivity index (χ0) is 13.9. The van der Waals surface area contributed by atoms with Crippen LogP contribution in [0.5, 0.6) is 0 Å². The van der Waals surface area contributed by atoms with Gasteiger partial charge < -0.3 is 5.32 Å². The van der Waals surface area contributed by atoms with Gasteiger partial charge >= 0.3 is 0 Å². The van der Waals surface area contributed by atoms with Gasteiger partial charge in [-0.15, -0.1) is 17.8 Å². The van der Waals surface area contributed by atoms with Crippen LogP contribution in [0.15, 0.2) is 11.2 Å². The number of nitriles is 1. The maximum Gasteiger partial charge on any atom is 0.205 e. The van der Waals surface area contributed by atoms with Gasteiger partial charge in [0.15, 0.2) is 6.19 Å². The molecule has 0 atom stereocenters. The van der Waals surface area contributed by atoms with Gasteiger partial charge in [0, 0.05) is 22.6 Å². The molecule has 0 saturated carbocycles. The van der Waals surface area contributed by atoms with Gasteiger partial charge in [-0.1, -0.05) is 5.92 Å². The third kappa shape index (κ3) is 6.70. The first kappa shape index (κ1) is 15.4. The van der Waals surface area contributed by atoms with E-state index in [9.17, 15) is 0 Å². The van der Waals surface area contributed by atoms with Gasteiger partial charge in [-0.25, -0.2) is 4.98 Å². The van der Waals surface area contributed by atoms with Crippen LogP contribution in [0.4, 0.5) is 0 Å². The number of hydrogen-bond acceptors (Lipinski definition) is 5. The topological polar surface area (TPSA) is 73.1 Å². The van der Waals surface area contributed by atoms with Gasteiger partial charge in [0.2, 0.25) is 5.96 Å². The van der Waals surface area contributed by atoms with E-state index < -0.39 is 0 Å². The first-order valence-electron chi connectivity index (χ1n) is 5.62. The molecule has 0 unspecified atom stereocenters. The molecule has 1 aromatic heterocycles. The van der Waals surface area contributed by atoms with E-state index in [-0.39, 0.29) is 0 Å². The Balaban J connectivity index is 2.23. The van der Waals surface area contributed by atoms with Crippen molar-refractivity contribution in [1.29, 1.82) is 5.26 Å². The molecular weight excluding hydrogens is 278 g/mol. The van der Waals surface area contributed by atoms with E-state index in [1.165, 1.54) is 4.88 Å². The van der Waals surface area contributed by atoms with Crippen molar-refractivity contribution in [3.8, 4) is 18.5 Å². The summed E-state index contributed by atoms with van der Waals surface area (Å²) in [5.41, 5.74) is 0. The highest BCUT2D eigenvalue weighted by molar-refractivity contribution is 7.98. The highest BCUT2D eigenvalue weighted by Gasteiger charge is 1.99. The third-order valence-electron chi connectivity index (χ3n) is 1.95. The van der Waals surface area contributed by atoms with E-state index in [0.29, 0.717) is 19.0 Å². The van der Waals surface area contributed by atoms with E-state index in [2.05, 4.69) is 26.5 Å². The first-order valence-corrected chi connectivity index (χ1v) is 7.59. The fraction of sp³-hybridized carbons (Fsp3) is 0.417. The summed E-state index contributed by atoms with van der Waals surface area (Å²) in [6.07, 6.45) is 8.86. The first-order chi connectivity index (χ1) is 9.26. The predicted octanol–water partition coefficient (Wildman–Crippen LogP) is 1.33. The Bertz CT molecular complexity index is 495. The van der Waals surface area contributed by atoms with E-state index in [1.54, 1.807) is 23.1 Å². The zero-order valence-corrected chi connectivity index (χ0v) is 12.3. The van der Waals surface area contributed by atoms with Crippen LogP contribution in [-0.2, 0) is 5.75 Å². The molecule has 0 amide bonds.